The highest BCUT2D eigenvalue weighted by atomic mass is 16.1. The van der Waals surface area contributed by atoms with E-state index in [-0.39, 0.29) is 17.7 Å². The molecule has 0 amide bonds. The minimum Gasteiger partial charge on any atom is -0.321 e. The van der Waals surface area contributed by atoms with E-state index in [1.807, 2.05) is 13.8 Å². The number of Topliss-reactive ketones (excluding diaryl/α,β-unsaturated/α-hetero) is 1. The number of hydrogen-bond donors (Lipinski definition) is 1. The lowest BCUT2D eigenvalue weighted by atomic mass is 9.98. The monoisotopic (exact) mass is 157 g/mol. The zero-order chi connectivity index (χ0) is 8.85. The Morgan fingerprint density at radius 3 is 2.36 bits per heavy atom. The van der Waals surface area contributed by atoms with Crippen LogP contribution in [0.5, 0.6) is 0 Å². The topological polar surface area (TPSA) is 43.1 Å². The molecule has 0 saturated heterocycles. The quantitative estimate of drug-likeness (QED) is 0.660. The number of ketones is 1. The maximum atomic E-state index is 11.2. The molecule has 66 valence electrons. The van der Waals surface area contributed by atoms with E-state index in [2.05, 4.69) is 6.92 Å². The van der Waals surface area contributed by atoms with Crippen LogP contribution in [-0.2, 0) is 4.79 Å². The molecule has 2 heteroatoms. The molecule has 0 aliphatic heterocycles. The van der Waals surface area contributed by atoms with Crippen molar-refractivity contribution in [2.75, 3.05) is 0 Å². The van der Waals surface area contributed by atoms with Crippen LogP contribution in [0.4, 0.5) is 0 Å². The van der Waals surface area contributed by atoms with Gasteiger partial charge >= 0.3 is 0 Å². The van der Waals surface area contributed by atoms with Gasteiger partial charge in [-0.15, -0.1) is 0 Å². The molecule has 2 N–H and O–H groups in total. The van der Waals surface area contributed by atoms with Gasteiger partial charge in [-0.1, -0.05) is 33.6 Å². The Labute approximate surface area is 69.2 Å². The molecule has 0 heterocycles. The Morgan fingerprint density at radius 1 is 1.45 bits per heavy atom. The van der Waals surface area contributed by atoms with Gasteiger partial charge in [0.05, 0.1) is 6.04 Å². The second kappa shape index (κ2) is 5.30. The molecule has 0 saturated carbocycles. The first-order chi connectivity index (χ1) is 5.09. The molecule has 0 radical (unpaired) electrons. The lowest BCUT2D eigenvalue weighted by molar-refractivity contribution is -0.123. The van der Waals surface area contributed by atoms with Gasteiger partial charge in [0.2, 0.25) is 0 Å². The number of carbonyl (C=O) groups is 1. The second-order valence-electron chi connectivity index (χ2n) is 3.31. The van der Waals surface area contributed by atoms with E-state index >= 15 is 0 Å². The van der Waals surface area contributed by atoms with Gasteiger partial charge in [-0.2, -0.15) is 0 Å². The Hall–Kier alpha value is -0.370. The summed E-state index contributed by atoms with van der Waals surface area (Å²) < 4.78 is 0. The third kappa shape index (κ3) is 4.14. The van der Waals surface area contributed by atoms with Crippen molar-refractivity contribution in [3.8, 4) is 0 Å². The molecular formula is C9H19NO. The zero-order valence-electron chi connectivity index (χ0n) is 7.76. The van der Waals surface area contributed by atoms with Crippen LogP contribution in [0.2, 0.25) is 0 Å². The van der Waals surface area contributed by atoms with Gasteiger partial charge in [0.25, 0.3) is 0 Å². The number of carbonyl (C=O) groups excluding carboxylic acids is 1. The van der Waals surface area contributed by atoms with E-state index in [0.717, 1.165) is 19.3 Å². The summed E-state index contributed by atoms with van der Waals surface area (Å²) in [6.45, 7) is 5.90. The molecular weight excluding hydrogens is 138 g/mol. The largest absolute Gasteiger partial charge is 0.321 e. The molecule has 2 nitrogen and oxygen atoms in total. The fourth-order valence-electron chi connectivity index (χ4n) is 0.994. The van der Waals surface area contributed by atoms with Crippen LogP contribution in [0.15, 0.2) is 0 Å². The van der Waals surface area contributed by atoms with Crippen LogP contribution in [-0.4, -0.2) is 11.8 Å². The Balaban J connectivity index is 3.64. The van der Waals surface area contributed by atoms with Crippen molar-refractivity contribution in [2.24, 2.45) is 11.7 Å². The Bertz CT molecular complexity index is 121. The molecule has 0 bridgehead atoms. The number of nitrogens with two attached hydrogens (primary N) is 1. The van der Waals surface area contributed by atoms with Crippen molar-refractivity contribution in [2.45, 2.75) is 46.1 Å². The SMILES string of the molecule is CCCCC(N)C(=O)C(C)C. The van der Waals surface area contributed by atoms with Crippen LogP contribution in [0.1, 0.15) is 40.0 Å². The lowest BCUT2D eigenvalue weighted by Crippen LogP contribution is -2.33. The molecule has 0 aromatic carbocycles. The molecule has 0 fully saturated rings. The van der Waals surface area contributed by atoms with Crippen molar-refractivity contribution in [3.05, 3.63) is 0 Å². The maximum Gasteiger partial charge on any atom is 0.152 e. The van der Waals surface area contributed by atoms with Crippen LogP contribution in [0, 0.1) is 5.92 Å². The summed E-state index contributed by atoms with van der Waals surface area (Å²) in [5, 5.41) is 0. The summed E-state index contributed by atoms with van der Waals surface area (Å²) in [7, 11) is 0. The van der Waals surface area contributed by atoms with Gasteiger partial charge in [-0.25, -0.2) is 0 Å². The smallest absolute Gasteiger partial charge is 0.152 e. The Kier molecular flexibility index (Phi) is 5.12. The number of hydrogen-bond acceptors (Lipinski definition) is 2. The predicted molar refractivity (Wildman–Crippen MR) is 47.3 cm³/mol. The fourth-order valence-corrected chi connectivity index (χ4v) is 0.994. The van der Waals surface area contributed by atoms with E-state index in [0.29, 0.717) is 0 Å². The van der Waals surface area contributed by atoms with Crippen molar-refractivity contribution < 1.29 is 4.79 Å². The molecule has 0 rings (SSSR count). The van der Waals surface area contributed by atoms with Crippen molar-refractivity contribution in [1.29, 1.82) is 0 Å². The summed E-state index contributed by atoms with van der Waals surface area (Å²) in [5.41, 5.74) is 5.65. The lowest BCUT2D eigenvalue weighted by Gasteiger charge is -2.11. The van der Waals surface area contributed by atoms with E-state index in [4.69, 9.17) is 5.73 Å². The summed E-state index contributed by atoms with van der Waals surface area (Å²) >= 11 is 0. The van der Waals surface area contributed by atoms with Gasteiger partial charge in [0.1, 0.15) is 0 Å². The van der Waals surface area contributed by atoms with Crippen molar-refractivity contribution in [3.63, 3.8) is 0 Å². The van der Waals surface area contributed by atoms with Crippen LogP contribution in [0.25, 0.3) is 0 Å². The first-order valence-corrected chi connectivity index (χ1v) is 4.38. The molecule has 0 aromatic rings. The van der Waals surface area contributed by atoms with Gasteiger partial charge in [-0.3, -0.25) is 4.79 Å². The molecule has 0 aliphatic rings. The fraction of sp³-hybridized carbons (Fsp3) is 0.889. The van der Waals surface area contributed by atoms with E-state index < -0.39 is 0 Å². The summed E-state index contributed by atoms with van der Waals surface area (Å²) in [6, 6.07) is -0.227. The summed E-state index contributed by atoms with van der Waals surface area (Å²) in [6.07, 6.45) is 3.01. The normalized spacial score (nSPS) is 13.5. The van der Waals surface area contributed by atoms with E-state index in [1.165, 1.54) is 0 Å². The molecule has 0 spiro atoms. The zero-order valence-corrected chi connectivity index (χ0v) is 7.76. The van der Waals surface area contributed by atoms with Crippen LogP contribution < -0.4 is 5.73 Å². The molecule has 1 unspecified atom stereocenters. The summed E-state index contributed by atoms with van der Waals surface area (Å²) in [5.74, 6) is 0.278. The second-order valence-corrected chi connectivity index (χ2v) is 3.31. The highest BCUT2D eigenvalue weighted by Gasteiger charge is 2.15. The van der Waals surface area contributed by atoms with Gasteiger partial charge < -0.3 is 5.73 Å². The molecule has 11 heavy (non-hydrogen) atoms. The first-order valence-electron chi connectivity index (χ1n) is 4.38. The number of rotatable bonds is 5. The third-order valence-electron chi connectivity index (χ3n) is 1.80. The minimum absolute atomic E-state index is 0.0851. The maximum absolute atomic E-state index is 11.2. The van der Waals surface area contributed by atoms with Crippen molar-refractivity contribution >= 4 is 5.78 Å². The highest BCUT2D eigenvalue weighted by molar-refractivity contribution is 5.85. The molecule has 1 atom stereocenters. The third-order valence-corrected chi connectivity index (χ3v) is 1.80. The van der Waals surface area contributed by atoms with Gasteiger partial charge in [0.15, 0.2) is 5.78 Å². The van der Waals surface area contributed by atoms with E-state index in [9.17, 15) is 4.79 Å². The van der Waals surface area contributed by atoms with Gasteiger partial charge in [-0.05, 0) is 6.42 Å². The Morgan fingerprint density at radius 2 is 2.00 bits per heavy atom. The van der Waals surface area contributed by atoms with Crippen LogP contribution in [0.3, 0.4) is 0 Å². The predicted octanol–water partition coefficient (Wildman–Crippen LogP) is 1.73. The van der Waals surface area contributed by atoms with E-state index in [1.54, 1.807) is 0 Å². The van der Waals surface area contributed by atoms with Crippen LogP contribution >= 0.6 is 0 Å². The number of unbranched alkanes of at least 4 members (excludes halogenated alkanes) is 1. The van der Waals surface area contributed by atoms with Gasteiger partial charge in [0, 0.05) is 5.92 Å². The minimum atomic E-state index is -0.227. The molecule has 0 aromatic heterocycles. The summed E-state index contributed by atoms with van der Waals surface area (Å²) in [4.78, 5) is 11.2. The average Bonchev–Trinajstić information content (AvgIpc) is 1.98. The van der Waals surface area contributed by atoms with Crippen molar-refractivity contribution in [1.82, 2.24) is 0 Å². The standard InChI is InChI=1S/C9H19NO/c1-4-5-6-8(10)9(11)7(2)3/h7-8H,4-6,10H2,1-3H3. The first kappa shape index (κ1) is 10.6. The molecule has 0 aliphatic carbocycles. The highest BCUT2D eigenvalue weighted by Crippen LogP contribution is 2.04. The average molecular weight is 157 g/mol.